The Morgan fingerprint density at radius 2 is 1.96 bits per heavy atom. The van der Waals surface area contributed by atoms with Gasteiger partial charge in [-0.25, -0.2) is 4.79 Å². The molecule has 0 saturated heterocycles. The molecule has 1 aromatic heterocycles. The molecule has 1 amide bonds. The first-order valence-corrected chi connectivity index (χ1v) is 9.25. The van der Waals surface area contributed by atoms with Crippen LogP contribution in [0.4, 0.5) is 0 Å². The van der Waals surface area contributed by atoms with Crippen LogP contribution in [0, 0.1) is 0 Å². The van der Waals surface area contributed by atoms with Crippen molar-refractivity contribution in [2.45, 2.75) is 25.8 Å². The Kier molecular flexibility index (Phi) is 5.02. The van der Waals surface area contributed by atoms with E-state index in [1.54, 1.807) is 19.2 Å². The number of carbonyl (C=O) groups is 1. The molecule has 0 saturated carbocycles. The smallest absolute Gasteiger partial charge is 0.339 e. The van der Waals surface area contributed by atoms with E-state index >= 15 is 0 Å². The molecule has 0 spiro atoms. The Labute approximate surface area is 162 Å². The van der Waals surface area contributed by atoms with Gasteiger partial charge in [0.25, 0.3) is 5.91 Å². The molecule has 0 fully saturated rings. The fraction of sp³-hybridized carbons (Fsp3) is 0.273. The molecule has 144 valence electrons. The minimum Gasteiger partial charge on any atom is -0.496 e. The van der Waals surface area contributed by atoms with Crippen molar-refractivity contribution in [1.29, 1.82) is 0 Å². The molecule has 0 aliphatic heterocycles. The van der Waals surface area contributed by atoms with Gasteiger partial charge in [-0.3, -0.25) is 4.79 Å². The number of fused-ring (bicyclic) bond motifs is 3. The molecule has 6 heteroatoms. The van der Waals surface area contributed by atoms with Crippen LogP contribution in [0.5, 0.6) is 11.5 Å². The lowest BCUT2D eigenvalue weighted by molar-refractivity contribution is -0.123. The summed E-state index contributed by atoms with van der Waals surface area (Å²) in [6.07, 6.45) is 2.64. The zero-order chi connectivity index (χ0) is 19.5. The molecular weight excluding hydrogens is 358 g/mol. The SMILES string of the molecule is COc1ccccc1CNC(=O)COc1ccc2c3c(c(=O)oc2c1)CCC3. The van der Waals surface area contributed by atoms with Gasteiger partial charge in [-0.2, -0.15) is 0 Å². The number of hydrogen-bond acceptors (Lipinski definition) is 5. The van der Waals surface area contributed by atoms with Gasteiger partial charge in [0.05, 0.1) is 7.11 Å². The van der Waals surface area contributed by atoms with Crippen LogP contribution >= 0.6 is 0 Å². The van der Waals surface area contributed by atoms with Gasteiger partial charge in [0, 0.05) is 29.1 Å². The first-order valence-electron chi connectivity index (χ1n) is 9.25. The molecule has 0 atom stereocenters. The second-order valence-corrected chi connectivity index (χ2v) is 6.74. The highest BCUT2D eigenvalue weighted by Gasteiger charge is 2.19. The van der Waals surface area contributed by atoms with Crippen molar-refractivity contribution < 1.29 is 18.7 Å². The standard InChI is InChI=1S/C22H21NO5/c1-26-19-8-3-2-5-14(19)12-23-21(24)13-27-15-9-10-17-16-6-4-7-18(16)22(25)28-20(17)11-15/h2-3,5,8-11H,4,6-7,12-13H2,1H3,(H,23,24). The van der Waals surface area contributed by atoms with Crippen LogP contribution in [0.1, 0.15) is 23.1 Å². The third-order valence-corrected chi connectivity index (χ3v) is 4.98. The molecule has 0 unspecified atom stereocenters. The third kappa shape index (κ3) is 3.58. The summed E-state index contributed by atoms with van der Waals surface area (Å²) in [4.78, 5) is 24.2. The summed E-state index contributed by atoms with van der Waals surface area (Å²) in [6.45, 7) is 0.223. The fourth-order valence-corrected chi connectivity index (χ4v) is 3.60. The second-order valence-electron chi connectivity index (χ2n) is 6.74. The Balaban J connectivity index is 1.40. The van der Waals surface area contributed by atoms with Crippen LogP contribution < -0.4 is 20.4 Å². The van der Waals surface area contributed by atoms with E-state index in [1.165, 1.54) is 0 Å². The number of rotatable bonds is 6. The maximum absolute atomic E-state index is 12.1. The summed E-state index contributed by atoms with van der Waals surface area (Å²) in [7, 11) is 1.59. The minimum absolute atomic E-state index is 0.129. The Morgan fingerprint density at radius 1 is 1.14 bits per heavy atom. The molecule has 0 radical (unpaired) electrons. The van der Waals surface area contributed by atoms with E-state index < -0.39 is 0 Å². The van der Waals surface area contributed by atoms with Crippen LogP contribution in [0.3, 0.4) is 0 Å². The van der Waals surface area contributed by atoms with E-state index in [2.05, 4.69) is 5.32 Å². The predicted molar refractivity (Wildman–Crippen MR) is 105 cm³/mol. The highest BCUT2D eigenvalue weighted by atomic mass is 16.5. The van der Waals surface area contributed by atoms with Crippen LogP contribution in [-0.4, -0.2) is 19.6 Å². The molecule has 4 rings (SSSR count). The Bertz CT molecular complexity index is 1090. The highest BCUT2D eigenvalue weighted by Crippen LogP contribution is 2.29. The van der Waals surface area contributed by atoms with Gasteiger partial charge in [0.1, 0.15) is 17.1 Å². The molecule has 3 aromatic rings. The summed E-state index contributed by atoms with van der Waals surface area (Å²) in [6, 6.07) is 12.9. The van der Waals surface area contributed by atoms with E-state index in [9.17, 15) is 9.59 Å². The largest absolute Gasteiger partial charge is 0.496 e. The molecular formula is C22H21NO5. The molecule has 6 nitrogen and oxygen atoms in total. The predicted octanol–water partition coefficient (Wildman–Crippen LogP) is 2.99. The van der Waals surface area contributed by atoms with Crippen LogP contribution in [0.25, 0.3) is 11.0 Å². The van der Waals surface area contributed by atoms with E-state index in [1.807, 2.05) is 30.3 Å². The van der Waals surface area contributed by atoms with Crippen LogP contribution in [0.15, 0.2) is 51.7 Å². The zero-order valence-corrected chi connectivity index (χ0v) is 15.6. The highest BCUT2D eigenvalue weighted by molar-refractivity contribution is 5.83. The van der Waals surface area contributed by atoms with Gasteiger partial charge in [0.2, 0.25) is 0 Å². The molecule has 1 N–H and O–H groups in total. The molecule has 2 aromatic carbocycles. The van der Waals surface area contributed by atoms with Crippen molar-refractivity contribution in [2.24, 2.45) is 0 Å². The number of para-hydroxylation sites is 1. The van der Waals surface area contributed by atoms with Gasteiger partial charge in [-0.05, 0) is 43.0 Å². The van der Waals surface area contributed by atoms with E-state index in [0.29, 0.717) is 17.9 Å². The van der Waals surface area contributed by atoms with Crippen molar-refractivity contribution in [3.63, 3.8) is 0 Å². The number of benzene rings is 2. The lowest BCUT2D eigenvalue weighted by Gasteiger charge is -2.11. The number of hydrogen-bond donors (Lipinski definition) is 1. The van der Waals surface area contributed by atoms with Gasteiger partial charge in [0.15, 0.2) is 6.61 Å². The minimum atomic E-state index is -0.272. The van der Waals surface area contributed by atoms with Crippen molar-refractivity contribution in [3.8, 4) is 11.5 Å². The van der Waals surface area contributed by atoms with Gasteiger partial charge in [-0.1, -0.05) is 18.2 Å². The maximum Gasteiger partial charge on any atom is 0.339 e. The summed E-state index contributed by atoms with van der Waals surface area (Å²) in [5.41, 5.74) is 2.98. The maximum atomic E-state index is 12.1. The number of methoxy groups -OCH3 is 1. The monoisotopic (exact) mass is 379 g/mol. The normalized spacial score (nSPS) is 12.6. The van der Waals surface area contributed by atoms with Crippen molar-refractivity contribution >= 4 is 16.9 Å². The van der Waals surface area contributed by atoms with Crippen molar-refractivity contribution in [2.75, 3.05) is 13.7 Å². The zero-order valence-electron chi connectivity index (χ0n) is 15.6. The quantitative estimate of drug-likeness (QED) is 0.666. The van der Waals surface area contributed by atoms with E-state index in [-0.39, 0.29) is 18.1 Å². The lowest BCUT2D eigenvalue weighted by Crippen LogP contribution is -2.28. The summed E-state index contributed by atoms with van der Waals surface area (Å²) >= 11 is 0. The second kappa shape index (κ2) is 7.76. The lowest BCUT2D eigenvalue weighted by atomic mass is 10.1. The average molecular weight is 379 g/mol. The van der Waals surface area contributed by atoms with Gasteiger partial charge in [-0.15, -0.1) is 0 Å². The summed E-state index contributed by atoms with van der Waals surface area (Å²) in [5, 5.41) is 3.75. The van der Waals surface area contributed by atoms with Gasteiger partial charge < -0.3 is 19.2 Å². The molecule has 1 heterocycles. The Hall–Kier alpha value is -3.28. The topological polar surface area (TPSA) is 77.8 Å². The number of aryl methyl sites for hydroxylation is 1. The number of ether oxygens (including phenoxy) is 2. The number of amides is 1. The molecule has 0 bridgehead atoms. The first-order chi connectivity index (χ1) is 13.7. The Morgan fingerprint density at radius 3 is 2.82 bits per heavy atom. The first kappa shape index (κ1) is 18.1. The summed E-state index contributed by atoms with van der Waals surface area (Å²) < 4.78 is 16.3. The summed E-state index contributed by atoms with van der Waals surface area (Å²) in [5.74, 6) is 0.961. The van der Waals surface area contributed by atoms with E-state index in [0.717, 1.165) is 47.1 Å². The molecule has 1 aliphatic carbocycles. The average Bonchev–Trinajstić information content (AvgIpc) is 3.21. The van der Waals surface area contributed by atoms with Crippen LogP contribution in [-0.2, 0) is 24.2 Å². The van der Waals surface area contributed by atoms with E-state index in [4.69, 9.17) is 13.9 Å². The number of carbonyl (C=O) groups excluding carboxylic acids is 1. The molecule has 1 aliphatic rings. The fourth-order valence-electron chi connectivity index (χ4n) is 3.60. The third-order valence-electron chi connectivity index (χ3n) is 4.98. The van der Waals surface area contributed by atoms with Crippen LogP contribution in [0.2, 0.25) is 0 Å². The van der Waals surface area contributed by atoms with Crippen molar-refractivity contribution in [1.82, 2.24) is 5.32 Å². The molecule has 28 heavy (non-hydrogen) atoms. The number of nitrogens with one attached hydrogen (secondary N) is 1. The van der Waals surface area contributed by atoms with Gasteiger partial charge >= 0.3 is 5.63 Å². The van der Waals surface area contributed by atoms with Crippen molar-refractivity contribution in [3.05, 3.63) is 69.6 Å².